The van der Waals surface area contributed by atoms with Gasteiger partial charge in [-0.15, -0.1) is 0 Å². The Balaban J connectivity index is 2.05. The summed E-state index contributed by atoms with van der Waals surface area (Å²) in [7, 11) is 0. The molecule has 0 radical (unpaired) electrons. The fourth-order valence-electron chi connectivity index (χ4n) is 1.19. The molecule has 0 aliphatic carbocycles. The standard InChI is InChI=1S/C10H11N5O/c11-8-2-1-7(9(12)3-8)4-16-10-14-5-13-6-15-10/h1-3,5-6H,4,11-12H2. The highest BCUT2D eigenvalue weighted by molar-refractivity contribution is 5.56. The van der Waals surface area contributed by atoms with Crippen LogP contribution in [0.1, 0.15) is 5.56 Å². The fourth-order valence-corrected chi connectivity index (χ4v) is 1.19. The maximum atomic E-state index is 5.77. The van der Waals surface area contributed by atoms with Gasteiger partial charge in [0.05, 0.1) is 0 Å². The van der Waals surface area contributed by atoms with Crippen molar-refractivity contribution in [3.05, 3.63) is 36.4 Å². The zero-order valence-corrected chi connectivity index (χ0v) is 8.50. The summed E-state index contributed by atoms with van der Waals surface area (Å²) in [5.41, 5.74) is 13.4. The van der Waals surface area contributed by atoms with E-state index in [2.05, 4.69) is 15.0 Å². The molecule has 0 saturated heterocycles. The van der Waals surface area contributed by atoms with Gasteiger partial charge in [0, 0.05) is 16.9 Å². The van der Waals surface area contributed by atoms with Gasteiger partial charge in [-0.25, -0.2) is 4.98 Å². The zero-order valence-electron chi connectivity index (χ0n) is 8.50. The third kappa shape index (κ3) is 2.35. The molecule has 16 heavy (non-hydrogen) atoms. The van der Waals surface area contributed by atoms with Crippen molar-refractivity contribution in [1.29, 1.82) is 0 Å². The molecule has 2 aromatic rings. The lowest BCUT2D eigenvalue weighted by Gasteiger charge is -2.07. The summed E-state index contributed by atoms with van der Waals surface area (Å²) < 4.78 is 5.33. The summed E-state index contributed by atoms with van der Waals surface area (Å²) in [6.07, 6.45) is 2.74. The van der Waals surface area contributed by atoms with Crippen molar-refractivity contribution < 1.29 is 4.74 Å². The van der Waals surface area contributed by atoms with Crippen LogP contribution < -0.4 is 16.2 Å². The number of anilines is 2. The SMILES string of the molecule is Nc1ccc(COc2ncncn2)c(N)c1. The van der Waals surface area contributed by atoms with E-state index in [1.165, 1.54) is 12.7 Å². The molecule has 82 valence electrons. The second-order valence-corrected chi connectivity index (χ2v) is 3.17. The van der Waals surface area contributed by atoms with E-state index < -0.39 is 0 Å². The highest BCUT2D eigenvalue weighted by atomic mass is 16.5. The van der Waals surface area contributed by atoms with Gasteiger partial charge in [-0.05, 0) is 12.1 Å². The minimum atomic E-state index is 0.270. The Kier molecular flexibility index (Phi) is 2.81. The van der Waals surface area contributed by atoms with Gasteiger partial charge in [0.1, 0.15) is 19.3 Å². The van der Waals surface area contributed by atoms with E-state index >= 15 is 0 Å². The van der Waals surface area contributed by atoms with Crippen LogP contribution in [0.5, 0.6) is 6.01 Å². The molecule has 0 aliphatic heterocycles. The Labute approximate surface area is 92.3 Å². The number of nitrogen functional groups attached to an aromatic ring is 2. The van der Waals surface area contributed by atoms with Crippen molar-refractivity contribution in [2.45, 2.75) is 6.61 Å². The van der Waals surface area contributed by atoms with Crippen molar-refractivity contribution in [3.63, 3.8) is 0 Å². The Hall–Kier alpha value is -2.37. The molecule has 1 aromatic heterocycles. The second kappa shape index (κ2) is 4.43. The predicted molar refractivity (Wildman–Crippen MR) is 59.4 cm³/mol. The molecular weight excluding hydrogens is 206 g/mol. The van der Waals surface area contributed by atoms with Crippen LogP contribution >= 0.6 is 0 Å². The molecule has 0 saturated carbocycles. The number of aromatic nitrogens is 3. The van der Waals surface area contributed by atoms with Crippen molar-refractivity contribution >= 4 is 11.4 Å². The molecule has 4 N–H and O–H groups in total. The predicted octanol–water partition coefficient (Wildman–Crippen LogP) is 0.615. The lowest BCUT2D eigenvalue weighted by Crippen LogP contribution is -2.03. The van der Waals surface area contributed by atoms with E-state index in [1.54, 1.807) is 12.1 Å². The number of nitrogens with zero attached hydrogens (tertiary/aromatic N) is 3. The van der Waals surface area contributed by atoms with Crippen LogP contribution in [-0.2, 0) is 6.61 Å². The van der Waals surface area contributed by atoms with Gasteiger partial charge >= 0.3 is 6.01 Å². The minimum absolute atomic E-state index is 0.270. The van der Waals surface area contributed by atoms with E-state index in [-0.39, 0.29) is 6.01 Å². The summed E-state index contributed by atoms with van der Waals surface area (Å²) in [5, 5.41) is 0. The molecule has 0 fully saturated rings. The van der Waals surface area contributed by atoms with Gasteiger partial charge in [0.25, 0.3) is 0 Å². The van der Waals surface area contributed by atoms with E-state index in [1.807, 2.05) is 6.07 Å². The molecule has 0 amide bonds. The zero-order chi connectivity index (χ0) is 11.4. The van der Waals surface area contributed by atoms with Crippen LogP contribution in [0, 0.1) is 0 Å². The molecule has 0 aliphatic rings. The molecule has 1 aromatic carbocycles. The van der Waals surface area contributed by atoms with Crippen LogP contribution in [0.3, 0.4) is 0 Å². The molecule has 0 atom stereocenters. The average molecular weight is 217 g/mol. The number of rotatable bonds is 3. The third-order valence-electron chi connectivity index (χ3n) is 2.00. The molecule has 1 heterocycles. The molecule has 0 spiro atoms. The number of nitrogens with two attached hydrogens (primary N) is 2. The van der Waals surface area contributed by atoms with Crippen molar-refractivity contribution in [2.75, 3.05) is 11.5 Å². The largest absolute Gasteiger partial charge is 0.458 e. The Bertz CT molecular complexity index is 474. The number of hydrogen-bond donors (Lipinski definition) is 2. The quantitative estimate of drug-likeness (QED) is 0.731. The van der Waals surface area contributed by atoms with Gasteiger partial charge in [0.2, 0.25) is 0 Å². The van der Waals surface area contributed by atoms with Crippen LogP contribution in [0.2, 0.25) is 0 Å². The Morgan fingerprint density at radius 2 is 1.88 bits per heavy atom. The van der Waals surface area contributed by atoms with Gasteiger partial charge in [-0.1, -0.05) is 6.07 Å². The van der Waals surface area contributed by atoms with Crippen LogP contribution in [0.15, 0.2) is 30.9 Å². The monoisotopic (exact) mass is 217 g/mol. The highest BCUT2D eigenvalue weighted by Crippen LogP contribution is 2.16. The average Bonchev–Trinajstić information content (AvgIpc) is 2.29. The number of ether oxygens (including phenoxy) is 1. The summed E-state index contributed by atoms with van der Waals surface area (Å²) in [5.74, 6) is 0. The third-order valence-corrected chi connectivity index (χ3v) is 2.00. The summed E-state index contributed by atoms with van der Waals surface area (Å²) in [6.45, 7) is 0.302. The molecule has 0 bridgehead atoms. The van der Waals surface area contributed by atoms with Crippen molar-refractivity contribution in [1.82, 2.24) is 15.0 Å². The lowest BCUT2D eigenvalue weighted by molar-refractivity contribution is 0.280. The van der Waals surface area contributed by atoms with Gasteiger partial charge < -0.3 is 16.2 Å². The topological polar surface area (TPSA) is 99.9 Å². The van der Waals surface area contributed by atoms with E-state index in [4.69, 9.17) is 16.2 Å². The first-order valence-corrected chi connectivity index (χ1v) is 4.64. The smallest absolute Gasteiger partial charge is 0.319 e. The molecule has 0 unspecified atom stereocenters. The molecule has 6 nitrogen and oxygen atoms in total. The minimum Gasteiger partial charge on any atom is -0.458 e. The molecule has 6 heteroatoms. The van der Waals surface area contributed by atoms with E-state index in [0.717, 1.165) is 5.56 Å². The van der Waals surface area contributed by atoms with E-state index in [0.29, 0.717) is 18.0 Å². The fraction of sp³-hybridized carbons (Fsp3) is 0.100. The van der Waals surface area contributed by atoms with Crippen LogP contribution in [0.25, 0.3) is 0 Å². The summed E-state index contributed by atoms with van der Waals surface area (Å²) in [4.78, 5) is 11.3. The Morgan fingerprint density at radius 1 is 1.12 bits per heavy atom. The summed E-state index contributed by atoms with van der Waals surface area (Å²) in [6, 6.07) is 5.53. The number of hydrogen-bond acceptors (Lipinski definition) is 6. The van der Waals surface area contributed by atoms with Crippen molar-refractivity contribution in [2.24, 2.45) is 0 Å². The first kappa shape index (κ1) is 10.2. The summed E-state index contributed by atoms with van der Waals surface area (Å²) >= 11 is 0. The van der Waals surface area contributed by atoms with Gasteiger partial charge in [0.15, 0.2) is 0 Å². The van der Waals surface area contributed by atoms with Crippen LogP contribution in [0.4, 0.5) is 11.4 Å². The van der Waals surface area contributed by atoms with Crippen molar-refractivity contribution in [3.8, 4) is 6.01 Å². The molecular formula is C10H11N5O. The molecule has 2 rings (SSSR count). The highest BCUT2D eigenvalue weighted by Gasteiger charge is 2.02. The Morgan fingerprint density at radius 3 is 2.56 bits per heavy atom. The first-order chi connectivity index (χ1) is 7.75. The second-order valence-electron chi connectivity index (χ2n) is 3.17. The lowest BCUT2D eigenvalue weighted by atomic mass is 10.2. The normalized spacial score (nSPS) is 10.0. The van der Waals surface area contributed by atoms with Crippen LogP contribution in [-0.4, -0.2) is 15.0 Å². The maximum absolute atomic E-state index is 5.77. The van der Waals surface area contributed by atoms with E-state index in [9.17, 15) is 0 Å². The maximum Gasteiger partial charge on any atom is 0.319 e. The van der Waals surface area contributed by atoms with Gasteiger partial charge in [-0.3, -0.25) is 0 Å². The van der Waals surface area contributed by atoms with Gasteiger partial charge in [-0.2, -0.15) is 9.97 Å². The first-order valence-electron chi connectivity index (χ1n) is 4.64. The number of benzene rings is 1.